The lowest BCUT2D eigenvalue weighted by molar-refractivity contribution is 0.340. The first-order valence-electron chi connectivity index (χ1n) is 10.3. The number of hydrogen-bond acceptors (Lipinski definition) is 6. The molecule has 2 aromatic carbocycles. The molecule has 0 spiro atoms. The van der Waals surface area contributed by atoms with Crippen molar-refractivity contribution in [2.45, 2.75) is 25.9 Å². The van der Waals surface area contributed by atoms with E-state index >= 15 is 0 Å². The molecule has 2 heterocycles. The molecule has 1 aliphatic rings. The van der Waals surface area contributed by atoms with E-state index in [-0.39, 0.29) is 18.2 Å². The van der Waals surface area contributed by atoms with Crippen LogP contribution in [0.4, 0.5) is 5.69 Å². The summed E-state index contributed by atoms with van der Waals surface area (Å²) in [7, 11) is 0. The molecule has 164 valence electrons. The number of benzene rings is 2. The predicted octanol–water partition coefficient (Wildman–Crippen LogP) is 3.18. The monoisotopic (exact) mass is 432 g/mol. The SMILES string of the molecule is C=CCn1c(O)c(C2=NN(c3ccccc3)[C@@H](c3ccc(OCC)cc3)C2)c(=O)[nH]c1=O. The zero-order valence-corrected chi connectivity index (χ0v) is 17.7. The second-order valence-corrected chi connectivity index (χ2v) is 7.31. The van der Waals surface area contributed by atoms with Crippen LogP contribution in [0, 0.1) is 0 Å². The number of aromatic amines is 1. The number of H-pyrrole nitrogens is 1. The number of hydrazone groups is 1. The lowest BCUT2D eigenvalue weighted by atomic mass is 9.98. The van der Waals surface area contributed by atoms with Gasteiger partial charge in [0.1, 0.15) is 11.3 Å². The van der Waals surface area contributed by atoms with Crippen molar-refractivity contribution >= 4 is 11.4 Å². The van der Waals surface area contributed by atoms with Crippen molar-refractivity contribution in [2.75, 3.05) is 11.6 Å². The molecule has 8 heteroatoms. The molecule has 1 aliphatic heterocycles. The maximum Gasteiger partial charge on any atom is 0.331 e. The Morgan fingerprint density at radius 2 is 1.91 bits per heavy atom. The van der Waals surface area contributed by atoms with Gasteiger partial charge in [0.15, 0.2) is 0 Å². The van der Waals surface area contributed by atoms with Crippen molar-refractivity contribution in [3.05, 3.63) is 99.2 Å². The van der Waals surface area contributed by atoms with Crippen molar-refractivity contribution in [1.29, 1.82) is 0 Å². The van der Waals surface area contributed by atoms with Crippen LogP contribution in [0.2, 0.25) is 0 Å². The van der Waals surface area contributed by atoms with Crippen LogP contribution in [0.25, 0.3) is 0 Å². The minimum atomic E-state index is -0.697. The Labute approximate surface area is 184 Å². The minimum Gasteiger partial charge on any atom is -0.494 e. The number of nitrogens with one attached hydrogen (secondary N) is 1. The Morgan fingerprint density at radius 1 is 1.19 bits per heavy atom. The molecule has 0 bridgehead atoms. The summed E-state index contributed by atoms with van der Waals surface area (Å²) in [6.07, 6.45) is 1.84. The topological polar surface area (TPSA) is 99.9 Å². The van der Waals surface area contributed by atoms with Gasteiger partial charge >= 0.3 is 5.69 Å². The average molecular weight is 432 g/mol. The molecule has 0 unspecified atom stereocenters. The van der Waals surface area contributed by atoms with Crippen molar-refractivity contribution in [3.8, 4) is 11.6 Å². The molecule has 1 atom stereocenters. The number of para-hydroxylation sites is 1. The number of aromatic hydroxyl groups is 1. The third-order valence-corrected chi connectivity index (χ3v) is 5.28. The molecule has 8 nitrogen and oxygen atoms in total. The molecule has 3 aromatic rings. The van der Waals surface area contributed by atoms with E-state index < -0.39 is 17.1 Å². The Balaban J connectivity index is 1.80. The average Bonchev–Trinajstić information content (AvgIpc) is 3.23. The number of rotatable bonds is 7. The zero-order valence-electron chi connectivity index (χ0n) is 17.7. The van der Waals surface area contributed by atoms with Gasteiger partial charge in [-0.1, -0.05) is 36.4 Å². The van der Waals surface area contributed by atoms with Gasteiger partial charge in [0.05, 0.1) is 24.0 Å². The highest BCUT2D eigenvalue weighted by molar-refractivity contribution is 6.04. The zero-order chi connectivity index (χ0) is 22.7. The molecule has 0 fully saturated rings. The molecule has 32 heavy (non-hydrogen) atoms. The molecule has 1 aromatic heterocycles. The molecule has 0 radical (unpaired) electrons. The van der Waals surface area contributed by atoms with Gasteiger partial charge in [-0.15, -0.1) is 6.58 Å². The fourth-order valence-corrected chi connectivity index (χ4v) is 3.81. The summed E-state index contributed by atoms with van der Waals surface area (Å²) in [6.45, 7) is 6.17. The number of nitrogens with zero attached hydrogens (tertiary/aromatic N) is 3. The number of hydrogen-bond donors (Lipinski definition) is 2. The maximum atomic E-state index is 12.6. The molecule has 0 saturated heterocycles. The van der Waals surface area contributed by atoms with Crippen LogP contribution in [-0.4, -0.2) is 27.0 Å². The van der Waals surface area contributed by atoms with Crippen LogP contribution in [0.1, 0.15) is 30.5 Å². The Hall–Kier alpha value is -4.07. The van der Waals surface area contributed by atoms with Gasteiger partial charge < -0.3 is 9.84 Å². The van der Waals surface area contributed by atoms with Crippen LogP contribution in [0.3, 0.4) is 0 Å². The summed E-state index contributed by atoms with van der Waals surface area (Å²) < 4.78 is 6.60. The molecule has 0 amide bonds. The van der Waals surface area contributed by atoms with E-state index in [1.807, 2.05) is 66.5 Å². The lowest BCUT2D eigenvalue weighted by Gasteiger charge is -2.24. The van der Waals surface area contributed by atoms with Crippen molar-refractivity contribution in [2.24, 2.45) is 5.10 Å². The first kappa shape index (κ1) is 21.2. The standard InChI is InChI=1S/C24H24N4O4/c1-3-14-27-23(30)21(22(29)25-24(27)31)19-15-20(16-10-12-18(13-11-16)32-4-2)28(26-19)17-8-6-5-7-9-17/h3,5-13,20,30H,1,4,14-15H2,2H3,(H,25,29,31)/t20-/m1/s1. The summed E-state index contributed by atoms with van der Waals surface area (Å²) in [5, 5.41) is 17.3. The highest BCUT2D eigenvalue weighted by atomic mass is 16.5. The van der Waals surface area contributed by atoms with E-state index in [9.17, 15) is 14.7 Å². The lowest BCUT2D eigenvalue weighted by Crippen LogP contribution is -2.33. The summed E-state index contributed by atoms with van der Waals surface area (Å²) in [6, 6.07) is 17.1. The molecular weight excluding hydrogens is 408 g/mol. The van der Waals surface area contributed by atoms with Gasteiger partial charge in [-0.05, 0) is 36.8 Å². The van der Waals surface area contributed by atoms with E-state index in [0.717, 1.165) is 21.6 Å². The Bertz CT molecular complexity index is 1260. The van der Waals surface area contributed by atoms with Crippen molar-refractivity contribution in [3.63, 3.8) is 0 Å². The number of allylic oxidation sites excluding steroid dienone is 1. The van der Waals surface area contributed by atoms with Gasteiger partial charge in [-0.3, -0.25) is 19.4 Å². The van der Waals surface area contributed by atoms with E-state index in [1.54, 1.807) is 0 Å². The molecule has 2 N–H and O–H groups in total. The van der Waals surface area contributed by atoms with Gasteiger partial charge in [0.25, 0.3) is 5.56 Å². The van der Waals surface area contributed by atoms with Crippen LogP contribution in [-0.2, 0) is 6.54 Å². The number of aromatic nitrogens is 2. The fraction of sp³-hybridized carbons (Fsp3) is 0.208. The minimum absolute atomic E-state index is 0.0131. The van der Waals surface area contributed by atoms with E-state index in [4.69, 9.17) is 9.84 Å². The fourth-order valence-electron chi connectivity index (χ4n) is 3.81. The molecule has 0 saturated carbocycles. The normalized spacial score (nSPS) is 15.5. The van der Waals surface area contributed by atoms with E-state index in [2.05, 4.69) is 11.6 Å². The second kappa shape index (κ2) is 8.97. The number of anilines is 1. The van der Waals surface area contributed by atoms with Crippen molar-refractivity contribution in [1.82, 2.24) is 9.55 Å². The van der Waals surface area contributed by atoms with E-state index in [0.29, 0.717) is 18.7 Å². The van der Waals surface area contributed by atoms with Gasteiger partial charge in [0.2, 0.25) is 5.88 Å². The van der Waals surface area contributed by atoms with Crippen LogP contribution in [0.5, 0.6) is 11.6 Å². The summed E-state index contributed by atoms with van der Waals surface area (Å²) >= 11 is 0. The first-order valence-corrected chi connectivity index (χ1v) is 10.3. The summed E-state index contributed by atoms with van der Waals surface area (Å²) in [5.74, 6) is 0.352. The second-order valence-electron chi connectivity index (χ2n) is 7.31. The maximum absolute atomic E-state index is 12.6. The quantitative estimate of drug-likeness (QED) is 0.559. The Morgan fingerprint density at radius 3 is 2.56 bits per heavy atom. The number of ether oxygens (including phenoxy) is 1. The van der Waals surface area contributed by atoms with Crippen LogP contribution >= 0.6 is 0 Å². The summed E-state index contributed by atoms with van der Waals surface area (Å²) in [4.78, 5) is 27.0. The molecular formula is C24H24N4O4. The van der Waals surface area contributed by atoms with Crippen LogP contribution < -0.4 is 21.0 Å². The highest BCUT2D eigenvalue weighted by Crippen LogP contribution is 2.37. The first-order chi connectivity index (χ1) is 15.5. The van der Waals surface area contributed by atoms with Gasteiger partial charge in [-0.25, -0.2) is 4.79 Å². The highest BCUT2D eigenvalue weighted by Gasteiger charge is 2.33. The van der Waals surface area contributed by atoms with Gasteiger partial charge in [0, 0.05) is 13.0 Å². The van der Waals surface area contributed by atoms with Crippen molar-refractivity contribution < 1.29 is 9.84 Å². The summed E-state index contributed by atoms with van der Waals surface area (Å²) in [5.41, 5.74) is 0.831. The Kier molecular flexibility index (Phi) is 5.93. The predicted molar refractivity (Wildman–Crippen MR) is 124 cm³/mol. The molecule has 0 aliphatic carbocycles. The third-order valence-electron chi connectivity index (χ3n) is 5.28. The third kappa shape index (κ3) is 3.94. The van der Waals surface area contributed by atoms with Crippen LogP contribution in [0.15, 0.2) is 81.9 Å². The van der Waals surface area contributed by atoms with Gasteiger partial charge in [-0.2, -0.15) is 5.10 Å². The molecule has 4 rings (SSSR count). The smallest absolute Gasteiger partial charge is 0.331 e. The largest absolute Gasteiger partial charge is 0.494 e. The van der Waals surface area contributed by atoms with E-state index in [1.165, 1.54) is 6.08 Å².